The minimum absolute atomic E-state index is 0.168. The number of rotatable bonds is 4. The van der Waals surface area contributed by atoms with Gasteiger partial charge < -0.3 is 10.6 Å². The van der Waals surface area contributed by atoms with Crippen molar-refractivity contribution in [1.29, 1.82) is 0 Å². The van der Waals surface area contributed by atoms with Gasteiger partial charge >= 0.3 is 0 Å². The van der Waals surface area contributed by atoms with Gasteiger partial charge in [0, 0.05) is 32.2 Å². The van der Waals surface area contributed by atoms with Crippen LogP contribution in [0, 0.1) is 5.92 Å². The van der Waals surface area contributed by atoms with Gasteiger partial charge in [0.15, 0.2) is 0 Å². The molecule has 1 unspecified atom stereocenters. The molecule has 2 aliphatic rings. The van der Waals surface area contributed by atoms with Crippen LogP contribution in [-0.2, 0) is 11.3 Å². The summed E-state index contributed by atoms with van der Waals surface area (Å²) in [6, 6.07) is 10.9. The largest absolute Gasteiger partial charge is 0.352 e. The van der Waals surface area contributed by atoms with Crippen LogP contribution >= 0.6 is 0 Å². The normalized spacial score (nSPS) is 26.7. The van der Waals surface area contributed by atoms with E-state index in [4.69, 9.17) is 0 Å². The van der Waals surface area contributed by atoms with Crippen molar-refractivity contribution >= 4 is 5.91 Å². The third-order valence-electron chi connectivity index (χ3n) is 4.54. The first-order valence-corrected chi connectivity index (χ1v) is 8.08. The SMILES string of the molecule is O=C(NC1CCN(Cc2ccccc2)C1)[C@H]1CCCNC1. The highest BCUT2D eigenvalue weighted by Gasteiger charge is 2.27. The van der Waals surface area contributed by atoms with Crippen LogP contribution in [0.1, 0.15) is 24.8 Å². The van der Waals surface area contributed by atoms with Crippen molar-refractivity contribution in [1.82, 2.24) is 15.5 Å². The van der Waals surface area contributed by atoms with Crippen molar-refractivity contribution in [2.75, 3.05) is 26.2 Å². The van der Waals surface area contributed by atoms with Gasteiger partial charge in [-0.2, -0.15) is 0 Å². The van der Waals surface area contributed by atoms with Crippen LogP contribution in [0.2, 0.25) is 0 Å². The first-order chi connectivity index (χ1) is 10.3. The molecule has 0 bridgehead atoms. The summed E-state index contributed by atoms with van der Waals surface area (Å²) in [5.74, 6) is 0.413. The first-order valence-electron chi connectivity index (χ1n) is 8.08. The molecule has 2 fully saturated rings. The monoisotopic (exact) mass is 287 g/mol. The number of nitrogens with zero attached hydrogens (tertiary/aromatic N) is 1. The second kappa shape index (κ2) is 7.05. The van der Waals surface area contributed by atoms with Crippen molar-refractivity contribution < 1.29 is 4.79 Å². The van der Waals surface area contributed by atoms with Gasteiger partial charge in [-0.15, -0.1) is 0 Å². The maximum absolute atomic E-state index is 12.2. The zero-order chi connectivity index (χ0) is 14.5. The van der Waals surface area contributed by atoms with Gasteiger partial charge in [0.05, 0.1) is 5.92 Å². The summed E-state index contributed by atoms with van der Waals surface area (Å²) in [6.07, 6.45) is 3.21. The fourth-order valence-electron chi connectivity index (χ4n) is 3.33. The van der Waals surface area contributed by atoms with Crippen molar-refractivity contribution in [3.63, 3.8) is 0 Å². The molecule has 2 aliphatic heterocycles. The molecule has 0 spiro atoms. The van der Waals surface area contributed by atoms with Crippen molar-refractivity contribution in [2.24, 2.45) is 5.92 Å². The summed E-state index contributed by atoms with van der Waals surface area (Å²) < 4.78 is 0. The average Bonchev–Trinajstić information content (AvgIpc) is 2.96. The van der Waals surface area contributed by atoms with Crippen LogP contribution in [0.25, 0.3) is 0 Å². The van der Waals surface area contributed by atoms with Gasteiger partial charge in [0.2, 0.25) is 5.91 Å². The van der Waals surface area contributed by atoms with E-state index in [1.54, 1.807) is 0 Å². The fourth-order valence-corrected chi connectivity index (χ4v) is 3.33. The summed E-state index contributed by atoms with van der Waals surface area (Å²) in [5.41, 5.74) is 1.35. The molecule has 2 N–H and O–H groups in total. The average molecular weight is 287 g/mol. The standard InChI is InChI=1S/C17H25N3O/c21-17(15-7-4-9-18-11-15)19-16-8-10-20(13-16)12-14-5-2-1-3-6-14/h1-3,5-6,15-16,18H,4,7-13H2,(H,19,21)/t15-,16?/m0/s1. The predicted octanol–water partition coefficient (Wildman–Crippen LogP) is 1.38. The Balaban J connectivity index is 1.45. The molecule has 2 heterocycles. The van der Waals surface area contributed by atoms with E-state index in [0.29, 0.717) is 6.04 Å². The maximum Gasteiger partial charge on any atom is 0.224 e. The second-order valence-electron chi connectivity index (χ2n) is 6.26. The van der Waals surface area contributed by atoms with Crippen molar-refractivity contribution in [2.45, 2.75) is 31.8 Å². The van der Waals surface area contributed by atoms with E-state index in [1.165, 1.54) is 5.56 Å². The maximum atomic E-state index is 12.2. The Morgan fingerprint density at radius 3 is 2.90 bits per heavy atom. The van der Waals surface area contributed by atoms with Crippen LogP contribution in [0.3, 0.4) is 0 Å². The summed E-state index contributed by atoms with van der Waals surface area (Å²) in [5, 5.41) is 6.55. The number of carbonyl (C=O) groups is 1. The quantitative estimate of drug-likeness (QED) is 0.879. The molecule has 4 heteroatoms. The number of piperidine rings is 1. The molecule has 0 saturated carbocycles. The number of amides is 1. The molecular weight excluding hydrogens is 262 g/mol. The van der Waals surface area contributed by atoms with Gasteiger partial charge in [-0.3, -0.25) is 9.69 Å². The topological polar surface area (TPSA) is 44.4 Å². The molecule has 0 aromatic heterocycles. The number of likely N-dealkylation sites (tertiary alicyclic amines) is 1. The fraction of sp³-hybridized carbons (Fsp3) is 0.588. The lowest BCUT2D eigenvalue weighted by Crippen LogP contribution is -2.45. The zero-order valence-corrected chi connectivity index (χ0v) is 12.6. The Labute approximate surface area is 126 Å². The summed E-state index contributed by atoms with van der Waals surface area (Å²) in [7, 11) is 0. The Kier molecular flexibility index (Phi) is 4.88. The highest BCUT2D eigenvalue weighted by Crippen LogP contribution is 2.15. The summed E-state index contributed by atoms with van der Waals surface area (Å²) in [4.78, 5) is 14.7. The zero-order valence-electron chi connectivity index (χ0n) is 12.6. The van der Waals surface area contributed by atoms with Crippen LogP contribution in [0.4, 0.5) is 0 Å². The Hall–Kier alpha value is -1.39. The van der Waals surface area contributed by atoms with E-state index in [-0.39, 0.29) is 11.8 Å². The van der Waals surface area contributed by atoms with Crippen LogP contribution in [-0.4, -0.2) is 43.0 Å². The molecule has 3 rings (SSSR count). The van der Waals surface area contributed by atoms with Gasteiger partial charge in [-0.25, -0.2) is 0 Å². The molecule has 2 atom stereocenters. The summed E-state index contributed by atoms with van der Waals surface area (Å²) >= 11 is 0. The molecule has 2 saturated heterocycles. The highest BCUT2D eigenvalue weighted by molar-refractivity contribution is 5.79. The number of benzene rings is 1. The van der Waals surface area contributed by atoms with E-state index < -0.39 is 0 Å². The van der Waals surface area contributed by atoms with Crippen LogP contribution < -0.4 is 10.6 Å². The van der Waals surface area contributed by atoms with Crippen molar-refractivity contribution in [3.8, 4) is 0 Å². The van der Waals surface area contributed by atoms with Gasteiger partial charge in [0.1, 0.15) is 0 Å². The lowest BCUT2D eigenvalue weighted by molar-refractivity contribution is -0.126. The second-order valence-corrected chi connectivity index (χ2v) is 6.26. The van der Waals surface area contributed by atoms with E-state index in [2.05, 4.69) is 45.9 Å². The van der Waals surface area contributed by atoms with Gasteiger partial charge in [0.25, 0.3) is 0 Å². The highest BCUT2D eigenvalue weighted by atomic mass is 16.2. The van der Waals surface area contributed by atoms with E-state index >= 15 is 0 Å². The smallest absolute Gasteiger partial charge is 0.224 e. The van der Waals surface area contributed by atoms with Crippen LogP contribution in [0.5, 0.6) is 0 Å². The Bertz CT molecular complexity index is 456. The molecule has 0 aliphatic carbocycles. The van der Waals surface area contributed by atoms with Crippen LogP contribution in [0.15, 0.2) is 30.3 Å². The molecule has 1 amide bonds. The molecule has 4 nitrogen and oxygen atoms in total. The summed E-state index contributed by atoms with van der Waals surface area (Å²) in [6.45, 7) is 4.92. The molecule has 114 valence electrons. The van der Waals surface area contributed by atoms with E-state index in [1.807, 2.05) is 0 Å². The number of hydrogen-bond acceptors (Lipinski definition) is 3. The number of nitrogens with one attached hydrogen (secondary N) is 2. The molecule has 1 aromatic rings. The number of carbonyl (C=O) groups excluding carboxylic acids is 1. The molecular formula is C17H25N3O. The molecule has 0 radical (unpaired) electrons. The van der Waals surface area contributed by atoms with Gasteiger partial charge in [-0.05, 0) is 31.4 Å². The number of hydrogen-bond donors (Lipinski definition) is 2. The Morgan fingerprint density at radius 1 is 1.29 bits per heavy atom. The predicted molar refractivity (Wildman–Crippen MR) is 83.9 cm³/mol. The molecule has 1 aromatic carbocycles. The third-order valence-corrected chi connectivity index (χ3v) is 4.54. The Morgan fingerprint density at radius 2 is 2.14 bits per heavy atom. The molecule has 21 heavy (non-hydrogen) atoms. The minimum atomic E-state index is 0.168. The third kappa shape index (κ3) is 4.05. The lowest BCUT2D eigenvalue weighted by atomic mass is 9.98. The van der Waals surface area contributed by atoms with E-state index in [0.717, 1.165) is 52.0 Å². The minimum Gasteiger partial charge on any atom is -0.352 e. The van der Waals surface area contributed by atoms with E-state index in [9.17, 15) is 4.79 Å². The lowest BCUT2D eigenvalue weighted by Gasteiger charge is -2.24. The van der Waals surface area contributed by atoms with Crippen molar-refractivity contribution in [3.05, 3.63) is 35.9 Å². The first kappa shape index (κ1) is 14.5. The van der Waals surface area contributed by atoms with Gasteiger partial charge in [-0.1, -0.05) is 30.3 Å².